The summed E-state index contributed by atoms with van der Waals surface area (Å²) in [7, 11) is 0. The Morgan fingerprint density at radius 3 is 2.75 bits per heavy atom. The molecule has 0 N–H and O–H groups in total. The van der Waals surface area contributed by atoms with Gasteiger partial charge < -0.3 is 4.52 Å². The number of hydrogen-bond acceptors (Lipinski definition) is 5. The Morgan fingerprint density at radius 1 is 1.25 bits per heavy atom. The third kappa shape index (κ3) is 2.74. The van der Waals surface area contributed by atoms with E-state index in [0.29, 0.717) is 27.5 Å². The normalized spacial score (nSPS) is 11.2. The highest BCUT2D eigenvalue weighted by Gasteiger charge is 2.12. The van der Waals surface area contributed by atoms with Crippen LogP contribution in [0.3, 0.4) is 0 Å². The second-order valence-corrected chi connectivity index (χ2v) is 6.93. The zero-order valence-electron chi connectivity index (χ0n) is 12.7. The van der Waals surface area contributed by atoms with Crippen molar-refractivity contribution in [2.24, 2.45) is 0 Å². The molecule has 0 aliphatic rings. The van der Waals surface area contributed by atoms with Gasteiger partial charge in [0.2, 0.25) is 0 Å². The molecule has 3 heterocycles. The maximum atomic E-state index is 12.7. The summed E-state index contributed by atoms with van der Waals surface area (Å²) in [5.74, 6) is 0.630. The van der Waals surface area contributed by atoms with E-state index in [-0.39, 0.29) is 5.56 Å². The molecule has 0 amide bonds. The fourth-order valence-electron chi connectivity index (χ4n) is 2.47. The van der Waals surface area contributed by atoms with Gasteiger partial charge in [-0.05, 0) is 30.7 Å². The van der Waals surface area contributed by atoms with Gasteiger partial charge in [-0.1, -0.05) is 28.9 Å². The summed E-state index contributed by atoms with van der Waals surface area (Å²) in [4.78, 5) is 18.1. The molecule has 0 atom stereocenters. The van der Waals surface area contributed by atoms with Crippen LogP contribution in [-0.2, 0) is 6.54 Å². The molecule has 3 aromatic heterocycles. The minimum atomic E-state index is -0.0840. The monoisotopic (exact) mass is 357 g/mol. The van der Waals surface area contributed by atoms with Crippen molar-refractivity contribution in [2.45, 2.75) is 13.5 Å². The van der Waals surface area contributed by atoms with Crippen LogP contribution >= 0.6 is 22.9 Å². The number of rotatable bonds is 3. The van der Waals surface area contributed by atoms with Crippen LogP contribution < -0.4 is 5.56 Å². The van der Waals surface area contributed by atoms with Crippen LogP contribution in [0.25, 0.3) is 20.7 Å². The van der Waals surface area contributed by atoms with E-state index in [4.69, 9.17) is 16.1 Å². The highest BCUT2D eigenvalue weighted by Crippen LogP contribution is 2.31. The Balaban J connectivity index is 1.76. The quantitative estimate of drug-likeness (QED) is 0.553. The van der Waals surface area contributed by atoms with Crippen molar-refractivity contribution in [1.82, 2.24) is 14.7 Å². The summed E-state index contributed by atoms with van der Waals surface area (Å²) in [5, 5.41) is 4.52. The molecule has 0 bridgehead atoms. The number of thiophene rings is 1. The van der Waals surface area contributed by atoms with E-state index in [1.165, 1.54) is 15.9 Å². The highest BCUT2D eigenvalue weighted by atomic mass is 35.5. The average Bonchev–Trinajstić information content (AvgIpc) is 3.18. The highest BCUT2D eigenvalue weighted by molar-refractivity contribution is 7.22. The molecule has 1 aromatic carbocycles. The molecule has 4 rings (SSSR count). The maximum Gasteiger partial charge on any atom is 0.271 e. The van der Waals surface area contributed by atoms with E-state index in [1.807, 2.05) is 43.3 Å². The van der Waals surface area contributed by atoms with E-state index in [0.717, 1.165) is 16.1 Å². The van der Waals surface area contributed by atoms with Crippen molar-refractivity contribution in [2.75, 3.05) is 0 Å². The Labute approximate surface area is 146 Å². The Bertz CT molecular complexity index is 1080. The number of aryl methyl sites for hydroxylation is 1. The molecule has 0 saturated carbocycles. The molecule has 0 aliphatic heterocycles. The molecule has 7 heteroatoms. The Kier molecular flexibility index (Phi) is 3.70. The van der Waals surface area contributed by atoms with Gasteiger partial charge in [-0.3, -0.25) is 9.36 Å². The molecule has 0 spiro atoms. The lowest BCUT2D eigenvalue weighted by molar-refractivity contribution is 0.371. The van der Waals surface area contributed by atoms with Crippen molar-refractivity contribution in [3.8, 4) is 10.4 Å². The largest absolute Gasteiger partial charge is 0.359 e. The lowest BCUT2D eigenvalue weighted by atomic mass is 10.2. The van der Waals surface area contributed by atoms with Gasteiger partial charge in [-0.25, -0.2) is 4.98 Å². The third-order valence-corrected chi connectivity index (χ3v) is 5.05. The van der Waals surface area contributed by atoms with Crippen LogP contribution in [0.2, 0.25) is 5.02 Å². The van der Waals surface area contributed by atoms with Gasteiger partial charge >= 0.3 is 0 Å². The van der Waals surface area contributed by atoms with Crippen molar-refractivity contribution in [1.29, 1.82) is 0 Å². The van der Waals surface area contributed by atoms with Crippen LogP contribution in [0.1, 0.15) is 11.5 Å². The molecular weight excluding hydrogens is 346 g/mol. The van der Waals surface area contributed by atoms with Crippen molar-refractivity contribution >= 4 is 33.2 Å². The predicted octanol–water partition coefficient (Wildman–Crippen LogP) is 4.12. The topological polar surface area (TPSA) is 60.9 Å². The lowest BCUT2D eigenvalue weighted by Crippen LogP contribution is -2.19. The molecule has 24 heavy (non-hydrogen) atoms. The van der Waals surface area contributed by atoms with Gasteiger partial charge in [0.1, 0.15) is 4.70 Å². The second-order valence-electron chi connectivity index (χ2n) is 5.44. The van der Waals surface area contributed by atoms with Crippen LogP contribution in [-0.4, -0.2) is 14.7 Å². The van der Waals surface area contributed by atoms with Gasteiger partial charge in [0.15, 0.2) is 5.76 Å². The average molecular weight is 358 g/mol. The van der Waals surface area contributed by atoms with Gasteiger partial charge in [-0.2, -0.15) is 0 Å². The third-order valence-electron chi connectivity index (χ3n) is 3.64. The first kappa shape index (κ1) is 15.1. The molecule has 5 nitrogen and oxygen atoms in total. The summed E-state index contributed by atoms with van der Waals surface area (Å²) >= 11 is 7.35. The van der Waals surface area contributed by atoms with Crippen LogP contribution in [0.5, 0.6) is 0 Å². The molecule has 0 radical (unpaired) electrons. The number of benzene rings is 1. The summed E-state index contributed by atoms with van der Waals surface area (Å²) in [5.41, 5.74) is 2.41. The molecule has 0 aliphatic carbocycles. The summed E-state index contributed by atoms with van der Waals surface area (Å²) in [6.45, 7) is 2.16. The van der Waals surface area contributed by atoms with Gasteiger partial charge in [0, 0.05) is 16.0 Å². The standard InChI is InChI=1S/C17H12ClN3O2S/c1-10-6-13(23-20-10)8-21-9-19-14-7-15(24-16(14)17(21)22)11-2-4-12(18)5-3-11/h2-7,9H,8H2,1H3. The minimum Gasteiger partial charge on any atom is -0.359 e. The van der Waals surface area contributed by atoms with E-state index in [1.54, 1.807) is 6.33 Å². The molecule has 4 aromatic rings. The number of fused-ring (bicyclic) bond motifs is 1. The molecule has 0 unspecified atom stereocenters. The first-order chi connectivity index (χ1) is 11.6. The second kappa shape index (κ2) is 5.89. The summed E-state index contributed by atoms with van der Waals surface area (Å²) in [6, 6.07) is 11.3. The lowest BCUT2D eigenvalue weighted by Gasteiger charge is -2.01. The maximum absolute atomic E-state index is 12.7. The van der Waals surface area contributed by atoms with Gasteiger partial charge in [0.05, 0.1) is 24.1 Å². The SMILES string of the molecule is Cc1cc(Cn2cnc3cc(-c4ccc(Cl)cc4)sc3c2=O)on1. The first-order valence-corrected chi connectivity index (χ1v) is 8.47. The fourth-order valence-corrected chi connectivity index (χ4v) is 3.66. The zero-order valence-corrected chi connectivity index (χ0v) is 14.3. The molecule has 0 saturated heterocycles. The summed E-state index contributed by atoms with van der Waals surface area (Å²) in [6.07, 6.45) is 1.54. The molecule has 0 fully saturated rings. The van der Waals surface area contributed by atoms with Crippen LogP contribution in [0.4, 0.5) is 0 Å². The Hall–Kier alpha value is -2.44. The molecule has 120 valence electrons. The van der Waals surface area contributed by atoms with Gasteiger partial charge in [0.25, 0.3) is 5.56 Å². The number of halogens is 1. The number of aromatic nitrogens is 3. The van der Waals surface area contributed by atoms with Crippen molar-refractivity contribution < 1.29 is 4.52 Å². The fraction of sp³-hybridized carbons (Fsp3) is 0.118. The minimum absolute atomic E-state index is 0.0840. The van der Waals surface area contributed by atoms with E-state index in [9.17, 15) is 4.79 Å². The van der Waals surface area contributed by atoms with Crippen LogP contribution in [0, 0.1) is 6.92 Å². The van der Waals surface area contributed by atoms with E-state index < -0.39 is 0 Å². The zero-order chi connectivity index (χ0) is 16.7. The van der Waals surface area contributed by atoms with E-state index >= 15 is 0 Å². The first-order valence-electron chi connectivity index (χ1n) is 7.27. The van der Waals surface area contributed by atoms with Crippen LogP contribution in [0.15, 0.2) is 52.0 Å². The summed E-state index contributed by atoms with van der Waals surface area (Å²) < 4.78 is 7.33. The van der Waals surface area contributed by atoms with Gasteiger partial charge in [-0.15, -0.1) is 11.3 Å². The van der Waals surface area contributed by atoms with Crippen molar-refractivity contribution in [3.63, 3.8) is 0 Å². The van der Waals surface area contributed by atoms with Crippen molar-refractivity contribution in [3.05, 3.63) is 69.6 Å². The number of hydrogen-bond donors (Lipinski definition) is 0. The molecular formula is C17H12ClN3O2S. The Morgan fingerprint density at radius 2 is 2.04 bits per heavy atom. The van der Waals surface area contributed by atoms with E-state index in [2.05, 4.69) is 10.1 Å². The predicted molar refractivity (Wildman–Crippen MR) is 94.7 cm³/mol. The smallest absolute Gasteiger partial charge is 0.271 e. The number of nitrogens with zero attached hydrogens (tertiary/aromatic N) is 3.